The van der Waals surface area contributed by atoms with Crippen molar-refractivity contribution in [2.75, 3.05) is 0 Å². The van der Waals surface area contributed by atoms with E-state index in [1.54, 1.807) is 12.1 Å². The molecule has 0 aliphatic heterocycles. The van der Waals surface area contributed by atoms with Gasteiger partial charge in [0.05, 0.1) is 17.1 Å². The molecule has 25 heavy (non-hydrogen) atoms. The molecular weight excluding hydrogens is 334 g/mol. The second-order valence-corrected chi connectivity index (χ2v) is 9.64. The molecule has 0 radical (unpaired) electrons. The van der Waals surface area contributed by atoms with Gasteiger partial charge in [-0.15, -0.1) is 0 Å². The lowest BCUT2D eigenvalue weighted by Gasteiger charge is -2.08. The SMILES string of the molecule is CC1(C)[C@H](c2ccc(S(N)(=O)=O)cc2)[C@H]1c1cnn(C2CCCC2)c1. The van der Waals surface area contributed by atoms with Crippen LogP contribution < -0.4 is 5.14 Å². The van der Waals surface area contributed by atoms with Gasteiger partial charge in [0.25, 0.3) is 0 Å². The monoisotopic (exact) mass is 359 g/mol. The maximum Gasteiger partial charge on any atom is 0.238 e. The van der Waals surface area contributed by atoms with Crippen molar-refractivity contribution in [1.29, 1.82) is 0 Å². The van der Waals surface area contributed by atoms with Gasteiger partial charge in [-0.05, 0) is 47.4 Å². The zero-order valence-corrected chi connectivity index (χ0v) is 15.5. The van der Waals surface area contributed by atoms with E-state index in [0.717, 1.165) is 5.56 Å². The summed E-state index contributed by atoms with van der Waals surface area (Å²) in [6.45, 7) is 4.53. The molecule has 1 aromatic heterocycles. The van der Waals surface area contributed by atoms with Crippen molar-refractivity contribution >= 4 is 10.0 Å². The third-order valence-corrected chi connectivity index (χ3v) is 7.00. The van der Waals surface area contributed by atoms with Gasteiger partial charge in [0, 0.05) is 12.1 Å². The molecule has 0 bridgehead atoms. The zero-order chi connectivity index (χ0) is 17.8. The smallest absolute Gasteiger partial charge is 0.238 e. The second-order valence-electron chi connectivity index (χ2n) is 8.08. The van der Waals surface area contributed by atoms with Gasteiger partial charge in [0.2, 0.25) is 10.0 Å². The van der Waals surface area contributed by atoms with Crippen LogP contribution in [0.3, 0.4) is 0 Å². The summed E-state index contributed by atoms with van der Waals surface area (Å²) < 4.78 is 25.0. The van der Waals surface area contributed by atoms with Crippen LogP contribution in [-0.4, -0.2) is 18.2 Å². The average molecular weight is 359 g/mol. The van der Waals surface area contributed by atoms with Crippen molar-refractivity contribution in [3.8, 4) is 0 Å². The fraction of sp³-hybridized carbons (Fsp3) is 0.526. The van der Waals surface area contributed by atoms with Gasteiger partial charge < -0.3 is 0 Å². The minimum Gasteiger partial charge on any atom is -0.269 e. The molecule has 1 aromatic carbocycles. The van der Waals surface area contributed by atoms with Crippen LogP contribution in [0.15, 0.2) is 41.6 Å². The fourth-order valence-corrected chi connectivity index (χ4v) is 5.14. The maximum atomic E-state index is 11.4. The Morgan fingerprint density at radius 3 is 2.28 bits per heavy atom. The van der Waals surface area contributed by atoms with Crippen LogP contribution in [0.4, 0.5) is 0 Å². The summed E-state index contributed by atoms with van der Waals surface area (Å²) in [4.78, 5) is 0.167. The molecule has 0 amide bonds. The van der Waals surface area contributed by atoms with Gasteiger partial charge in [-0.1, -0.05) is 38.8 Å². The molecule has 2 aliphatic carbocycles. The molecule has 134 valence electrons. The summed E-state index contributed by atoms with van der Waals surface area (Å²) in [5.74, 6) is 0.797. The molecule has 2 N–H and O–H groups in total. The topological polar surface area (TPSA) is 78.0 Å². The highest BCUT2D eigenvalue weighted by Crippen LogP contribution is 2.69. The number of sulfonamides is 1. The highest BCUT2D eigenvalue weighted by Gasteiger charge is 2.59. The lowest BCUT2D eigenvalue weighted by atomic mass is 10.0. The highest BCUT2D eigenvalue weighted by atomic mass is 32.2. The van der Waals surface area contributed by atoms with E-state index < -0.39 is 10.0 Å². The summed E-state index contributed by atoms with van der Waals surface area (Å²) >= 11 is 0. The number of primary sulfonamides is 1. The third-order valence-electron chi connectivity index (χ3n) is 6.07. The summed E-state index contributed by atoms with van der Waals surface area (Å²) in [7, 11) is -3.64. The molecular formula is C19H25N3O2S. The van der Waals surface area contributed by atoms with E-state index in [9.17, 15) is 8.42 Å². The molecule has 2 aliphatic rings. The first kappa shape index (κ1) is 16.8. The van der Waals surface area contributed by atoms with E-state index in [4.69, 9.17) is 5.14 Å². The number of hydrogen-bond donors (Lipinski definition) is 1. The standard InChI is InChI=1S/C19H25N3O2S/c1-19(2)17(13-7-9-16(10-8-13)25(20,23)24)18(19)14-11-21-22(12-14)15-5-3-4-6-15/h7-12,15,17-18H,3-6H2,1-2H3,(H2,20,23,24)/t17-,18-/m1/s1. The van der Waals surface area contributed by atoms with Gasteiger partial charge in [0.15, 0.2) is 0 Å². The number of hydrogen-bond acceptors (Lipinski definition) is 3. The first-order valence-corrected chi connectivity index (χ1v) is 10.5. The largest absolute Gasteiger partial charge is 0.269 e. The van der Waals surface area contributed by atoms with E-state index in [0.29, 0.717) is 17.9 Å². The zero-order valence-electron chi connectivity index (χ0n) is 14.7. The lowest BCUT2D eigenvalue weighted by molar-refractivity contribution is 0.466. The minimum absolute atomic E-state index is 0.145. The summed E-state index contributed by atoms with van der Waals surface area (Å²) in [6, 6.07) is 7.57. The Kier molecular flexibility index (Phi) is 3.81. The Morgan fingerprint density at radius 2 is 1.68 bits per heavy atom. The van der Waals surface area contributed by atoms with Crippen LogP contribution in [0.5, 0.6) is 0 Å². The second kappa shape index (κ2) is 5.68. The van der Waals surface area contributed by atoms with Crippen LogP contribution in [0.25, 0.3) is 0 Å². The lowest BCUT2D eigenvalue weighted by Crippen LogP contribution is -2.11. The van der Waals surface area contributed by atoms with E-state index >= 15 is 0 Å². The predicted molar refractivity (Wildman–Crippen MR) is 96.8 cm³/mol. The van der Waals surface area contributed by atoms with E-state index in [1.807, 2.05) is 18.3 Å². The van der Waals surface area contributed by atoms with E-state index in [-0.39, 0.29) is 10.3 Å². The average Bonchev–Trinajstić information content (AvgIpc) is 3.03. The molecule has 0 saturated heterocycles. The Balaban J connectivity index is 1.57. The molecule has 2 fully saturated rings. The molecule has 2 saturated carbocycles. The van der Waals surface area contributed by atoms with Crippen molar-refractivity contribution in [2.45, 2.75) is 62.3 Å². The Hall–Kier alpha value is -1.66. The van der Waals surface area contributed by atoms with Gasteiger partial charge in [-0.3, -0.25) is 4.68 Å². The van der Waals surface area contributed by atoms with Gasteiger partial charge in [0.1, 0.15) is 0 Å². The number of nitrogens with two attached hydrogens (primary N) is 1. The van der Waals surface area contributed by atoms with Crippen molar-refractivity contribution in [3.05, 3.63) is 47.8 Å². The fourth-order valence-electron chi connectivity index (χ4n) is 4.63. The predicted octanol–water partition coefficient (Wildman–Crippen LogP) is 3.55. The number of aromatic nitrogens is 2. The van der Waals surface area contributed by atoms with Crippen LogP contribution in [-0.2, 0) is 10.0 Å². The molecule has 0 spiro atoms. The Labute approximate surface area is 149 Å². The Morgan fingerprint density at radius 1 is 1.08 bits per heavy atom. The van der Waals surface area contributed by atoms with Crippen LogP contribution in [0.2, 0.25) is 0 Å². The molecule has 2 atom stereocenters. The number of benzene rings is 1. The molecule has 2 aromatic rings. The molecule has 5 nitrogen and oxygen atoms in total. The van der Waals surface area contributed by atoms with Crippen LogP contribution >= 0.6 is 0 Å². The third kappa shape index (κ3) is 2.91. The van der Waals surface area contributed by atoms with Gasteiger partial charge >= 0.3 is 0 Å². The number of nitrogens with zero attached hydrogens (tertiary/aromatic N) is 2. The highest BCUT2D eigenvalue weighted by molar-refractivity contribution is 7.89. The molecule has 0 unspecified atom stereocenters. The molecule has 4 rings (SSSR count). The van der Waals surface area contributed by atoms with Crippen LogP contribution in [0.1, 0.15) is 68.5 Å². The van der Waals surface area contributed by atoms with E-state index in [2.05, 4.69) is 29.8 Å². The molecule has 6 heteroatoms. The summed E-state index contributed by atoms with van der Waals surface area (Å²) in [5.41, 5.74) is 2.60. The van der Waals surface area contributed by atoms with Crippen molar-refractivity contribution in [2.24, 2.45) is 10.6 Å². The van der Waals surface area contributed by atoms with Crippen LogP contribution in [0, 0.1) is 5.41 Å². The normalized spacial score (nSPS) is 26.0. The van der Waals surface area contributed by atoms with E-state index in [1.165, 1.54) is 31.2 Å². The summed E-state index contributed by atoms with van der Waals surface area (Å²) in [6.07, 6.45) is 9.30. The molecule has 1 heterocycles. The first-order chi connectivity index (χ1) is 11.8. The van der Waals surface area contributed by atoms with Crippen molar-refractivity contribution < 1.29 is 8.42 Å². The minimum atomic E-state index is -3.64. The quantitative estimate of drug-likeness (QED) is 0.907. The van der Waals surface area contributed by atoms with Gasteiger partial charge in [-0.2, -0.15) is 5.10 Å². The maximum absolute atomic E-state index is 11.4. The van der Waals surface area contributed by atoms with Gasteiger partial charge in [-0.25, -0.2) is 13.6 Å². The van der Waals surface area contributed by atoms with Crippen molar-refractivity contribution in [1.82, 2.24) is 9.78 Å². The number of rotatable bonds is 4. The Bertz CT molecular complexity index is 878. The van der Waals surface area contributed by atoms with Crippen molar-refractivity contribution in [3.63, 3.8) is 0 Å². The summed E-state index contributed by atoms with van der Waals surface area (Å²) in [5, 5.41) is 9.81. The first-order valence-electron chi connectivity index (χ1n) is 8.95.